The number of amides is 1. The van der Waals surface area contributed by atoms with Gasteiger partial charge in [-0.1, -0.05) is 30.3 Å². The highest BCUT2D eigenvalue weighted by atomic mass is 35.5. The monoisotopic (exact) mass is 299 g/mol. The van der Waals surface area contributed by atoms with Gasteiger partial charge >= 0.3 is 0 Å². The Morgan fingerprint density at radius 2 is 1.80 bits per heavy atom. The molecule has 0 aliphatic heterocycles. The van der Waals surface area contributed by atoms with E-state index in [0.717, 1.165) is 12.0 Å². The summed E-state index contributed by atoms with van der Waals surface area (Å²) >= 11 is 6.28. The van der Waals surface area contributed by atoms with E-state index in [2.05, 4.69) is 0 Å². The number of carbonyl (C=O) groups excluding carboxylic acids is 1. The third kappa shape index (κ3) is 5.49. The lowest BCUT2D eigenvalue weighted by molar-refractivity contribution is -0.131. The predicted molar refractivity (Wildman–Crippen MR) is 80.0 cm³/mol. The SMILES string of the molecule is COCCCN(CCOC)C(=O)C(Cl)c1ccccc1. The van der Waals surface area contributed by atoms with Crippen molar-refractivity contribution in [3.8, 4) is 0 Å². The molecule has 0 aliphatic rings. The summed E-state index contributed by atoms with van der Waals surface area (Å²) in [6, 6.07) is 9.38. The van der Waals surface area contributed by atoms with Crippen LogP contribution in [0.25, 0.3) is 0 Å². The van der Waals surface area contributed by atoms with Crippen LogP contribution in [-0.2, 0) is 14.3 Å². The van der Waals surface area contributed by atoms with E-state index in [1.54, 1.807) is 19.1 Å². The van der Waals surface area contributed by atoms with Crippen molar-refractivity contribution in [1.82, 2.24) is 4.90 Å². The van der Waals surface area contributed by atoms with Gasteiger partial charge in [-0.3, -0.25) is 4.79 Å². The Bertz CT molecular complexity index is 386. The molecular formula is C15H22ClNO3. The third-order valence-electron chi connectivity index (χ3n) is 2.96. The Labute approximate surface area is 125 Å². The van der Waals surface area contributed by atoms with Gasteiger partial charge in [0, 0.05) is 33.9 Å². The Balaban J connectivity index is 2.65. The molecule has 1 aromatic carbocycles. The fraction of sp³-hybridized carbons (Fsp3) is 0.533. The number of carbonyl (C=O) groups is 1. The van der Waals surface area contributed by atoms with Gasteiger partial charge in [0.25, 0.3) is 0 Å². The molecule has 1 unspecified atom stereocenters. The molecule has 0 N–H and O–H groups in total. The summed E-state index contributed by atoms with van der Waals surface area (Å²) in [6.45, 7) is 2.27. The standard InChI is InChI=1S/C15H22ClNO3/c1-19-11-6-9-17(10-12-20-2)15(18)14(16)13-7-4-3-5-8-13/h3-5,7-8,14H,6,9-12H2,1-2H3. The lowest BCUT2D eigenvalue weighted by Crippen LogP contribution is -2.37. The van der Waals surface area contributed by atoms with Crippen LogP contribution < -0.4 is 0 Å². The highest BCUT2D eigenvalue weighted by molar-refractivity contribution is 6.30. The Hall–Kier alpha value is -1.10. The van der Waals surface area contributed by atoms with E-state index >= 15 is 0 Å². The maximum atomic E-state index is 12.4. The molecule has 5 heteroatoms. The second-order valence-corrected chi connectivity index (χ2v) is 4.87. The highest BCUT2D eigenvalue weighted by Crippen LogP contribution is 2.22. The molecule has 0 saturated heterocycles. The first-order valence-electron chi connectivity index (χ1n) is 6.66. The maximum absolute atomic E-state index is 12.4. The lowest BCUT2D eigenvalue weighted by Gasteiger charge is -2.24. The van der Waals surface area contributed by atoms with Crippen LogP contribution in [0, 0.1) is 0 Å². The average Bonchev–Trinajstić information content (AvgIpc) is 2.50. The fourth-order valence-electron chi connectivity index (χ4n) is 1.86. The summed E-state index contributed by atoms with van der Waals surface area (Å²) in [4.78, 5) is 14.2. The molecule has 0 saturated carbocycles. The van der Waals surface area contributed by atoms with E-state index in [1.165, 1.54) is 0 Å². The third-order valence-corrected chi connectivity index (χ3v) is 3.40. The molecular weight excluding hydrogens is 278 g/mol. The molecule has 0 fully saturated rings. The predicted octanol–water partition coefficient (Wildman–Crippen LogP) is 2.48. The molecule has 0 radical (unpaired) electrons. The van der Waals surface area contributed by atoms with Crippen molar-refractivity contribution in [2.24, 2.45) is 0 Å². The van der Waals surface area contributed by atoms with Gasteiger partial charge in [0.2, 0.25) is 5.91 Å². The summed E-state index contributed by atoms with van der Waals surface area (Å²) in [5.74, 6) is -0.0916. The second kappa shape index (κ2) is 9.75. The number of hydrogen-bond acceptors (Lipinski definition) is 3. The number of rotatable bonds is 9. The van der Waals surface area contributed by atoms with Gasteiger partial charge in [-0.05, 0) is 12.0 Å². The zero-order valence-electron chi connectivity index (χ0n) is 12.0. The molecule has 0 bridgehead atoms. The number of nitrogens with zero attached hydrogens (tertiary/aromatic N) is 1. The first-order valence-corrected chi connectivity index (χ1v) is 7.10. The molecule has 4 nitrogen and oxygen atoms in total. The van der Waals surface area contributed by atoms with Gasteiger partial charge in [-0.25, -0.2) is 0 Å². The summed E-state index contributed by atoms with van der Waals surface area (Å²) in [5.41, 5.74) is 0.813. The van der Waals surface area contributed by atoms with E-state index < -0.39 is 5.38 Å². The molecule has 0 aliphatic carbocycles. The van der Waals surface area contributed by atoms with Crippen LogP contribution in [0.1, 0.15) is 17.4 Å². The first-order chi connectivity index (χ1) is 9.70. The Morgan fingerprint density at radius 1 is 1.15 bits per heavy atom. The molecule has 0 spiro atoms. The second-order valence-electron chi connectivity index (χ2n) is 4.44. The van der Waals surface area contributed by atoms with Crippen LogP contribution in [0.4, 0.5) is 0 Å². The fourth-order valence-corrected chi connectivity index (χ4v) is 2.14. The van der Waals surface area contributed by atoms with Crippen molar-refractivity contribution in [3.05, 3.63) is 35.9 Å². The molecule has 20 heavy (non-hydrogen) atoms. The quantitative estimate of drug-likeness (QED) is 0.519. The van der Waals surface area contributed by atoms with Gasteiger partial charge in [-0.2, -0.15) is 0 Å². The van der Waals surface area contributed by atoms with Crippen molar-refractivity contribution >= 4 is 17.5 Å². The summed E-state index contributed by atoms with van der Waals surface area (Å²) in [6.07, 6.45) is 0.782. The van der Waals surface area contributed by atoms with E-state index in [9.17, 15) is 4.79 Å². The zero-order chi connectivity index (χ0) is 14.8. The minimum absolute atomic E-state index is 0.0916. The van der Waals surface area contributed by atoms with E-state index in [-0.39, 0.29) is 5.91 Å². The number of benzene rings is 1. The van der Waals surface area contributed by atoms with E-state index in [0.29, 0.717) is 26.3 Å². The van der Waals surface area contributed by atoms with Gasteiger partial charge in [0.1, 0.15) is 5.38 Å². The minimum atomic E-state index is -0.657. The van der Waals surface area contributed by atoms with Crippen molar-refractivity contribution in [2.45, 2.75) is 11.8 Å². The van der Waals surface area contributed by atoms with Crippen LogP contribution in [0.2, 0.25) is 0 Å². The summed E-state index contributed by atoms with van der Waals surface area (Å²) in [7, 11) is 3.27. The number of methoxy groups -OCH3 is 2. The van der Waals surface area contributed by atoms with Crippen molar-refractivity contribution in [2.75, 3.05) is 40.5 Å². The van der Waals surface area contributed by atoms with Gasteiger partial charge in [-0.15, -0.1) is 11.6 Å². The first kappa shape index (κ1) is 17.0. The largest absolute Gasteiger partial charge is 0.385 e. The summed E-state index contributed by atoms with van der Waals surface area (Å²) in [5, 5.41) is -0.657. The molecule has 1 amide bonds. The highest BCUT2D eigenvalue weighted by Gasteiger charge is 2.23. The topological polar surface area (TPSA) is 38.8 Å². The number of alkyl halides is 1. The number of hydrogen-bond donors (Lipinski definition) is 0. The molecule has 112 valence electrons. The minimum Gasteiger partial charge on any atom is -0.385 e. The van der Waals surface area contributed by atoms with Crippen molar-refractivity contribution < 1.29 is 14.3 Å². The molecule has 0 aromatic heterocycles. The van der Waals surface area contributed by atoms with Crippen LogP contribution >= 0.6 is 11.6 Å². The normalized spacial score (nSPS) is 12.2. The van der Waals surface area contributed by atoms with Crippen LogP contribution in [-0.4, -0.2) is 51.3 Å². The van der Waals surface area contributed by atoms with E-state index in [1.807, 2.05) is 30.3 Å². The molecule has 1 aromatic rings. The van der Waals surface area contributed by atoms with E-state index in [4.69, 9.17) is 21.1 Å². The maximum Gasteiger partial charge on any atom is 0.245 e. The molecule has 0 heterocycles. The number of halogens is 1. The van der Waals surface area contributed by atoms with Crippen molar-refractivity contribution in [3.63, 3.8) is 0 Å². The lowest BCUT2D eigenvalue weighted by atomic mass is 10.1. The van der Waals surface area contributed by atoms with Gasteiger partial charge < -0.3 is 14.4 Å². The Morgan fingerprint density at radius 3 is 2.40 bits per heavy atom. The van der Waals surface area contributed by atoms with Gasteiger partial charge in [0.05, 0.1) is 6.61 Å². The number of ether oxygens (including phenoxy) is 2. The van der Waals surface area contributed by atoms with Gasteiger partial charge in [0.15, 0.2) is 0 Å². The van der Waals surface area contributed by atoms with Crippen LogP contribution in [0.15, 0.2) is 30.3 Å². The van der Waals surface area contributed by atoms with Crippen molar-refractivity contribution in [1.29, 1.82) is 0 Å². The smallest absolute Gasteiger partial charge is 0.245 e. The van der Waals surface area contributed by atoms with Crippen LogP contribution in [0.3, 0.4) is 0 Å². The average molecular weight is 300 g/mol. The van der Waals surface area contributed by atoms with Crippen LogP contribution in [0.5, 0.6) is 0 Å². The summed E-state index contributed by atoms with van der Waals surface area (Å²) < 4.78 is 10.1. The molecule has 1 atom stereocenters. The molecule has 1 rings (SSSR count). The Kier molecular flexibility index (Phi) is 8.26. The zero-order valence-corrected chi connectivity index (χ0v) is 12.8.